The minimum atomic E-state index is -2.21. The van der Waals surface area contributed by atoms with E-state index in [1.807, 2.05) is 6.92 Å². The second kappa shape index (κ2) is 8.22. The molecular weight excluding hydrogens is 447 g/mol. The Morgan fingerprint density at radius 2 is 1.85 bits per heavy atom. The molecule has 188 valence electrons. The van der Waals surface area contributed by atoms with E-state index in [4.69, 9.17) is 9.47 Å². The monoisotopic (exact) mass is 480 g/mol. The number of fused-ring (bicyclic) bond motifs is 5. The first kappa shape index (κ1) is 25.0. The number of alkyl halides is 1. The van der Waals surface area contributed by atoms with Crippen LogP contribution in [0.25, 0.3) is 0 Å². The van der Waals surface area contributed by atoms with Crippen LogP contribution < -0.4 is 0 Å². The zero-order valence-corrected chi connectivity index (χ0v) is 20.0. The third kappa shape index (κ3) is 3.46. The van der Waals surface area contributed by atoms with Crippen LogP contribution in [0.4, 0.5) is 4.39 Å². The molecule has 34 heavy (non-hydrogen) atoms. The molecule has 0 amide bonds. The Bertz CT molecular complexity index is 961. The third-order valence-corrected chi connectivity index (χ3v) is 9.21. The summed E-state index contributed by atoms with van der Waals surface area (Å²) in [5.41, 5.74) is -3.76. The molecule has 9 heteroatoms. The second-order valence-corrected chi connectivity index (χ2v) is 11.0. The number of carbonyl (C=O) groups excluding carboxylic acids is 4. The molecule has 9 atom stereocenters. The zero-order chi connectivity index (χ0) is 25.2. The molecule has 2 N–H and O–H groups in total. The summed E-state index contributed by atoms with van der Waals surface area (Å²) in [4.78, 5) is 48.5. The van der Waals surface area contributed by atoms with Gasteiger partial charge in [0.1, 0.15) is 12.3 Å². The normalized spacial score (nSPS) is 45.4. The van der Waals surface area contributed by atoms with Crippen molar-refractivity contribution in [3.63, 3.8) is 0 Å². The fraction of sp³-hybridized carbons (Fsp3) is 0.760. The Morgan fingerprint density at radius 3 is 2.47 bits per heavy atom. The van der Waals surface area contributed by atoms with E-state index >= 15 is 4.39 Å². The van der Waals surface area contributed by atoms with Crippen LogP contribution in [0.15, 0.2) is 11.6 Å². The number of esters is 2. The lowest BCUT2D eigenvalue weighted by atomic mass is 9.45. The van der Waals surface area contributed by atoms with Crippen LogP contribution in [0, 0.1) is 28.6 Å². The zero-order valence-electron chi connectivity index (χ0n) is 20.0. The van der Waals surface area contributed by atoms with Crippen LogP contribution in [-0.2, 0) is 28.7 Å². The summed E-state index contributed by atoms with van der Waals surface area (Å²) in [6.45, 7) is 5.16. The maximum atomic E-state index is 15.5. The summed E-state index contributed by atoms with van der Waals surface area (Å²) in [6.07, 6.45) is -1.33. The van der Waals surface area contributed by atoms with E-state index in [0.29, 0.717) is 12.0 Å². The predicted octanol–water partition coefficient (Wildman–Crippen LogP) is 1.84. The lowest BCUT2D eigenvalue weighted by molar-refractivity contribution is -0.201. The molecule has 0 radical (unpaired) electrons. The number of Topliss-reactive ketones (excluding diaryl/α,β-unsaturated/α-hetero) is 1. The summed E-state index contributed by atoms with van der Waals surface area (Å²) in [5, 5.41) is 23.3. The van der Waals surface area contributed by atoms with E-state index in [0.717, 1.165) is 6.92 Å². The lowest BCUT2D eigenvalue weighted by Gasteiger charge is -2.60. The maximum Gasteiger partial charge on any atom is 0.303 e. The van der Waals surface area contributed by atoms with Gasteiger partial charge in [-0.2, -0.15) is 0 Å². The van der Waals surface area contributed by atoms with E-state index in [1.165, 1.54) is 13.0 Å². The fourth-order valence-corrected chi connectivity index (χ4v) is 7.79. The van der Waals surface area contributed by atoms with Gasteiger partial charge in [0.05, 0.1) is 6.10 Å². The average Bonchev–Trinajstić information content (AvgIpc) is 2.95. The molecule has 4 aliphatic carbocycles. The van der Waals surface area contributed by atoms with E-state index in [-0.39, 0.29) is 37.4 Å². The van der Waals surface area contributed by atoms with Crippen LogP contribution in [0.5, 0.6) is 0 Å². The van der Waals surface area contributed by atoms with E-state index < -0.39 is 71.0 Å². The van der Waals surface area contributed by atoms with Crippen molar-refractivity contribution in [3.05, 3.63) is 11.6 Å². The molecule has 3 fully saturated rings. The first-order chi connectivity index (χ1) is 15.8. The first-order valence-corrected chi connectivity index (χ1v) is 11.9. The number of hydrogen-bond acceptors (Lipinski definition) is 8. The largest absolute Gasteiger partial charge is 0.459 e. The van der Waals surface area contributed by atoms with Crippen molar-refractivity contribution in [2.45, 2.75) is 83.8 Å². The number of rotatable bonds is 4. The molecule has 0 bridgehead atoms. The van der Waals surface area contributed by atoms with Gasteiger partial charge in [-0.05, 0) is 60.5 Å². The minimum Gasteiger partial charge on any atom is -0.459 e. The molecular formula is C25H33FO8. The van der Waals surface area contributed by atoms with Gasteiger partial charge in [-0.1, -0.05) is 13.8 Å². The Labute approximate surface area is 197 Å². The van der Waals surface area contributed by atoms with Crippen molar-refractivity contribution in [1.29, 1.82) is 0 Å². The van der Waals surface area contributed by atoms with Gasteiger partial charge in [0.2, 0.25) is 5.78 Å². The second-order valence-electron chi connectivity index (χ2n) is 11.0. The fourth-order valence-electron chi connectivity index (χ4n) is 7.79. The van der Waals surface area contributed by atoms with Crippen molar-refractivity contribution < 1.29 is 43.3 Å². The highest BCUT2D eigenvalue weighted by Gasteiger charge is 2.73. The Kier molecular flexibility index (Phi) is 6.04. The van der Waals surface area contributed by atoms with Gasteiger partial charge in [-0.3, -0.25) is 19.2 Å². The number of allylic oxidation sites excluding steroid dienone is 1. The smallest absolute Gasteiger partial charge is 0.303 e. The molecule has 0 spiro atoms. The van der Waals surface area contributed by atoms with E-state index in [9.17, 15) is 29.4 Å². The highest BCUT2D eigenvalue weighted by Crippen LogP contribution is 2.68. The molecule has 3 saturated carbocycles. The quantitative estimate of drug-likeness (QED) is 0.584. The molecule has 0 aromatic heterocycles. The highest BCUT2D eigenvalue weighted by atomic mass is 19.1. The first-order valence-electron chi connectivity index (χ1n) is 11.9. The van der Waals surface area contributed by atoms with Crippen LogP contribution in [0.3, 0.4) is 0 Å². The SMILES string of the molecule is CC(=O)OCC(=O)[C@@]1(O)[C@H](OC(C)=O)C[C@H]2[C@@H]3C[C@H](F)C4=CC(=O)CC[C@]4(C)[C@H]3[C@@H](O)C[C@@]21C. The van der Waals surface area contributed by atoms with Gasteiger partial charge in [-0.15, -0.1) is 0 Å². The van der Waals surface area contributed by atoms with Crippen molar-refractivity contribution in [2.75, 3.05) is 6.61 Å². The summed E-state index contributed by atoms with van der Waals surface area (Å²) in [7, 11) is 0. The maximum absolute atomic E-state index is 15.5. The van der Waals surface area contributed by atoms with Gasteiger partial charge in [0.15, 0.2) is 18.0 Å². The summed E-state index contributed by atoms with van der Waals surface area (Å²) in [5.74, 6) is -3.54. The predicted molar refractivity (Wildman–Crippen MR) is 116 cm³/mol. The van der Waals surface area contributed by atoms with Gasteiger partial charge in [-0.25, -0.2) is 4.39 Å². The van der Waals surface area contributed by atoms with E-state index in [2.05, 4.69) is 0 Å². The third-order valence-electron chi connectivity index (χ3n) is 9.21. The Balaban J connectivity index is 1.77. The topological polar surface area (TPSA) is 127 Å². The number of aliphatic hydroxyl groups is 2. The van der Waals surface area contributed by atoms with Gasteiger partial charge >= 0.3 is 11.9 Å². The number of carbonyl (C=O) groups is 4. The number of hydrogen-bond donors (Lipinski definition) is 2. The molecule has 4 aliphatic rings. The number of ketones is 2. The van der Waals surface area contributed by atoms with Crippen molar-refractivity contribution in [1.82, 2.24) is 0 Å². The Morgan fingerprint density at radius 1 is 1.18 bits per heavy atom. The van der Waals surface area contributed by atoms with Gasteiger partial charge < -0.3 is 19.7 Å². The van der Waals surface area contributed by atoms with Crippen molar-refractivity contribution >= 4 is 23.5 Å². The molecule has 8 nitrogen and oxygen atoms in total. The molecule has 0 unspecified atom stereocenters. The van der Waals surface area contributed by atoms with E-state index in [1.54, 1.807) is 6.92 Å². The molecule has 0 aromatic carbocycles. The number of aliphatic hydroxyl groups excluding tert-OH is 1. The average molecular weight is 481 g/mol. The summed E-state index contributed by atoms with van der Waals surface area (Å²) in [6, 6.07) is 0. The standard InChI is InChI=1S/C25H33FO8/c1-12(27)33-11-20(31)25(32)21(34-13(2)28)9-16-15-8-18(26)17-7-14(29)5-6-23(17,3)22(15)19(30)10-24(16,25)4/h7,15-16,18-19,21-22,30,32H,5-6,8-11H2,1-4H3/t15-,16-,18-,19-,21+,22+,23-,24-,25+/m0/s1. The van der Waals surface area contributed by atoms with Crippen LogP contribution in [0.2, 0.25) is 0 Å². The lowest BCUT2D eigenvalue weighted by Crippen LogP contribution is -2.65. The molecule has 0 saturated heterocycles. The van der Waals surface area contributed by atoms with Crippen LogP contribution in [-0.4, -0.2) is 64.3 Å². The molecule has 0 heterocycles. The molecule has 4 rings (SSSR count). The number of ether oxygens (including phenoxy) is 2. The van der Waals surface area contributed by atoms with Gasteiger partial charge in [0.25, 0.3) is 0 Å². The number of halogens is 1. The molecule has 0 aliphatic heterocycles. The summed E-state index contributed by atoms with van der Waals surface area (Å²) < 4.78 is 25.8. The molecule has 0 aromatic rings. The van der Waals surface area contributed by atoms with Crippen molar-refractivity contribution in [3.8, 4) is 0 Å². The van der Waals surface area contributed by atoms with Crippen molar-refractivity contribution in [2.24, 2.45) is 28.6 Å². The minimum absolute atomic E-state index is 0.0205. The highest BCUT2D eigenvalue weighted by molar-refractivity contribution is 5.92. The van der Waals surface area contributed by atoms with Crippen LogP contribution >= 0.6 is 0 Å². The summed E-state index contributed by atoms with van der Waals surface area (Å²) >= 11 is 0. The van der Waals surface area contributed by atoms with Crippen LogP contribution in [0.1, 0.15) is 59.8 Å². The van der Waals surface area contributed by atoms with Gasteiger partial charge in [0, 0.05) is 25.7 Å². The Hall–Kier alpha value is -2.13.